The molecule has 0 N–H and O–H groups in total. The number of carbonyl (C=O) groups excluding carboxylic acids is 1. The van der Waals surface area contributed by atoms with E-state index in [1.54, 1.807) is 6.07 Å². The lowest BCUT2D eigenvalue weighted by molar-refractivity contribution is 0.0305. The molecule has 25 heavy (non-hydrogen) atoms. The summed E-state index contributed by atoms with van der Waals surface area (Å²) in [6.45, 7) is 7.54. The lowest BCUT2D eigenvalue weighted by atomic mass is 10.1. The predicted octanol–water partition coefficient (Wildman–Crippen LogP) is 1.21. The maximum atomic E-state index is 12.7. The van der Waals surface area contributed by atoms with Gasteiger partial charge in [0.15, 0.2) is 11.5 Å². The van der Waals surface area contributed by atoms with Crippen molar-refractivity contribution in [1.82, 2.24) is 19.9 Å². The zero-order valence-electron chi connectivity index (χ0n) is 14.9. The number of piperazine rings is 1. The van der Waals surface area contributed by atoms with Crippen molar-refractivity contribution in [2.45, 2.75) is 38.3 Å². The number of morpholine rings is 1. The van der Waals surface area contributed by atoms with Crippen LogP contribution in [0.3, 0.4) is 0 Å². The number of amides is 1. The lowest BCUT2D eigenvalue weighted by Crippen LogP contribution is -2.51. The molecule has 138 valence electrons. The zero-order chi connectivity index (χ0) is 17.1. The van der Waals surface area contributed by atoms with E-state index in [9.17, 15) is 4.79 Å². The number of hydrogen-bond donors (Lipinski definition) is 0. The van der Waals surface area contributed by atoms with Crippen molar-refractivity contribution in [2.75, 3.05) is 52.5 Å². The quantitative estimate of drug-likeness (QED) is 0.815. The normalized spacial score (nSPS) is 24.1. The smallest absolute Gasteiger partial charge is 0.276 e. The lowest BCUT2D eigenvalue weighted by Gasteiger charge is -2.37. The Labute approximate surface area is 148 Å². The molecule has 7 nitrogen and oxygen atoms in total. The fourth-order valence-corrected chi connectivity index (χ4v) is 4.19. The Kier molecular flexibility index (Phi) is 5.33. The van der Waals surface area contributed by atoms with Crippen LogP contribution in [0.4, 0.5) is 0 Å². The second kappa shape index (κ2) is 7.85. The average molecular weight is 348 g/mol. The van der Waals surface area contributed by atoms with E-state index in [0.717, 1.165) is 64.3 Å². The molecule has 0 radical (unpaired) electrons. The van der Waals surface area contributed by atoms with Crippen molar-refractivity contribution in [1.29, 1.82) is 0 Å². The molecule has 0 bridgehead atoms. The van der Waals surface area contributed by atoms with Gasteiger partial charge < -0.3 is 14.2 Å². The summed E-state index contributed by atoms with van der Waals surface area (Å²) in [7, 11) is 0. The first-order valence-corrected chi connectivity index (χ1v) is 9.58. The second-order valence-corrected chi connectivity index (χ2v) is 7.33. The number of nitrogens with zero attached hydrogens (tertiary/aromatic N) is 4. The van der Waals surface area contributed by atoms with Crippen molar-refractivity contribution < 1.29 is 14.1 Å². The highest BCUT2D eigenvalue weighted by Crippen LogP contribution is 2.24. The largest absolute Gasteiger partial charge is 0.379 e. The minimum absolute atomic E-state index is 0.00282. The predicted molar refractivity (Wildman–Crippen MR) is 92.3 cm³/mol. The third kappa shape index (κ3) is 4.04. The molecule has 4 rings (SSSR count). The van der Waals surface area contributed by atoms with Crippen molar-refractivity contribution in [3.63, 3.8) is 0 Å². The summed E-state index contributed by atoms with van der Waals surface area (Å²) in [6.07, 6.45) is 5.35. The third-order valence-electron chi connectivity index (χ3n) is 5.70. The van der Waals surface area contributed by atoms with Gasteiger partial charge in [0.05, 0.1) is 19.8 Å². The first-order chi connectivity index (χ1) is 12.3. The second-order valence-electron chi connectivity index (χ2n) is 7.33. The maximum Gasteiger partial charge on any atom is 0.276 e. The summed E-state index contributed by atoms with van der Waals surface area (Å²) in [5, 5.41) is 4.02. The first kappa shape index (κ1) is 17.0. The van der Waals surface area contributed by atoms with E-state index in [4.69, 9.17) is 9.26 Å². The summed E-state index contributed by atoms with van der Waals surface area (Å²) in [5.41, 5.74) is 0.442. The highest BCUT2D eigenvalue weighted by molar-refractivity contribution is 5.92. The Bertz CT molecular complexity index is 571. The molecule has 2 aliphatic heterocycles. The van der Waals surface area contributed by atoms with E-state index in [0.29, 0.717) is 12.2 Å². The van der Waals surface area contributed by atoms with E-state index in [1.807, 2.05) is 4.90 Å². The molecule has 0 spiro atoms. The number of rotatable bonds is 4. The molecule has 0 unspecified atom stereocenters. The molecular weight excluding hydrogens is 320 g/mol. The van der Waals surface area contributed by atoms with E-state index in [1.165, 1.54) is 25.7 Å². The standard InChI is InChI=1S/C18H28N4O3/c23-18(22-7-5-21(6-8-22)15-3-1-2-4-15)17-13-16(25-19-17)14-20-9-11-24-12-10-20/h13,15H,1-12,14H2. The number of hydrogen-bond acceptors (Lipinski definition) is 6. The SMILES string of the molecule is O=C(c1cc(CN2CCOCC2)on1)N1CCN(C2CCCC2)CC1. The van der Waals surface area contributed by atoms with Gasteiger partial charge in [0.2, 0.25) is 0 Å². The van der Waals surface area contributed by atoms with Gasteiger partial charge in [-0.1, -0.05) is 18.0 Å². The molecule has 7 heteroatoms. The van der Waals surface area contributed by atoms with Crippen LogP contribution in [0.25, 0.3) is 0 Å². The Morgan fingerprint density at radius 1 is 1.08 bits per heavy atom. The highest BCUT2D eigenvalue weighted by Gasteiger charge is 2.29. The van der Waals surface area contributed by atoms with Gasteiger partial charge in [-0.3, -0.25) is 14.6 Å². The van der Waals surface area contributed by atoms with E-state index in [-0.39, 0.29) is 5.91 Å². The fourth-order valence-electron chi connectivity index (χ4n) is 4.19. The van der Waals surface area contributed by atoms with Gasteiger partial charge in [0.1, 0.15) is 0 Å². The molecule has 3 heterocycles. The maximum absolute atomic E-state index is 12.7. The van der Waals surface area contributed by atoms with E-state index in [2.05, 4.69) is 15.0 Å². The van der Waals surface area contributed by atoms with Gasteiger partial charge in [-0.25, -0.2) is 0 Å². The minimum Gasteiger partial charge on any atom is -0.379 e. The van der Waals surface area contributed by atoms with Gasteiger partial charge in [-0.05, 0) is 12.8 Å². The third-order valence-corrected chi connectivity index (χ3v) is 5.70. The van der Waals surface area contributed by atoms with Crippen LogP contribution in [0.15, 0.2) is 10.6 Å². The molecule has 1 amide bonds. The molecule has 0 atom stereocenters. The zero-order valence-corrected chi connectivity index (χ0v) is 14.9. The van der Waals surface area contributed by atoms with E-state index >= 15 is 0 Å². The number of aromatic nitrogens is 1. The topological polar surface area (TPSA) is 62.1 Å². The summed E-state index contributed by atoms with van der Waals surface area (Å²) >= 11 is 0. The first-order valence-electron chi connectivity index (χ1n) is 9.58. The van der Waals surface area contributed by atoms with Crippen LogP contribution < -0.4 is 0 Å². The number of carbonyl (C=O) groups is 1. The van der Waals surface area contributed by atoms with Gasteiger partial charge in [-0.2, -0.15) is 0 Å². The number of ether oxygens (including phenoxy) is 1. The highest BCUT2D eigenvalue weighted by atomic mass is 16.5. The Hall–Kier alpha value is -1.44. The van der Waals surface area contributed by atoms with Crippen LogP contribution in [-0.4, -0.2) is 84.3 Å². The van der Waals surface area contributed by atoms with Crippen LogP contribution in [-0.2, 0) is 11.3 Å². The summed E-state index contributed by atoms with van der Waals surface area (Å²) in [6, 6.07) is 2.55. The van der Waals surface area contributed by atoms with Crippen LogP contribution in [0.5, 0.6) is 0 Å². The molecule has 3 fully saturated rings. The summed E-state index contributed by atoms with van der Waals surface area (Å²) < 4.78 is 10.7. The molecular formula is C18H28N4O3. The molecule has 1 aromatic heterocycles. The molecule has 1 aliphatic carbocycles. The Morgan fingerprint density at radius 3 is 2.52 bits per heavy atom. The van der Waals surface area contributed by atoms with Crippen LogP contribution in [0, 0.1) is 0 Å². The van der Waals surface area contributed by atoms with Crippen LogP contribution in [0.2, 0.25) is 0 Å². The van der Waals surface area contributed by atoms with Crippen molar-refractivity contribution >= 4 is 5.91 Å². The molecule has 1 saturated carbocycles. The van der Waals surface area contributed by atoms with Crippen molar-refractivity contribution in [2.24, 2.45) is 0 Å². The van der Waals surface area contributed by atoms with Crippen molar-refractivity contribution in [3.05, 3.63) is 17.5 Å². The van der Waals surface area contributed by atoms with Crippen molar-refractivity contribution in [3.8, 4) is 0 Å². The van der Waals surface area contributed by atoms with Gasteiger partial charge in [-0.15, -0.1) is 0 Å². The summed E-state index contributed by atoms with van der Waals surface area (Å²) in [5.74, 6) is 0.762. The fraction of sp³-hybridized carbons (Fsp3) is 0.778. The summed E-state index contributed by atoms with van der Waals surface area (Å²) in [4.78, 5) is 19.4. The monoisotopic (exact) mass is 348 g/mol. The van der Waals surface area contributed by atoms with E-state index < -0.39 is 0 Å². The average Bonchev–Trinajstić information content (AvgIpc) is 3.34. The molecule has 1 aromatic rings. The van der Waals surface area contributed by atoms with Gasteiger partial charge >= 0.3 is 0 Å². The molecule has 3 aliphatic rings. The van der Waals surface area contributed by atoms with Crippen LogP contribution in [0.1, 0.15) is 41.9 Å². The van der Waals surface area contributed by atoms with Gasteiger partial charge in [0.25, 0.3) is 5.91 Å². The molecule has 2 saturated heterocycles. The van der Waals surface area contributed by atoms with Gasteiger partial charge in [0, 0.05) is 51.4 Å². The molecule has 0 aromatic carbocycles. The minimum atomic E-state index is 0.00282. The van der Waals surface area contributed by atoms with Crippen LogP contribution >= 0.6 is 0 Å². The Balaban J connectivity index is 1.29. The Morgan fingerprint density at radius 2 is 1.80 bits per heavy atom.